The molecule has 2 saturated heterocycles. The molecule has 0 unspecified atom stereocenters. The number of ether oxygens (including phenoxy) is 4. The van der Waals surface area contributed by atoms with Gasteiger partial charge in [0, 0.05) is 17.0 Å². The van der Waals surface area contributed by atoms with Gasteiger partial charge in [0.25, 0.3) is 0 Å². The molecule has 0 aromatic heterocycles. The van der Waals surface area contributed by atoms with Gasteiger partial charge in [0.2, 0.25) is 0 Å². The molecule has 0 bridgehead atoms. The first-order valence-corrected chi connectivity index (χ1v) is 10.7. The second-order valence-corrected chi connectivity index (χ2v) is 8.27. The molecule has 0 saturated carbocycles. The van der Waals surface area contributed by atoms with E-state index in [1.807, 2.05) is 0 Å². The Morgan fingerprint density at radius 1 is 0.818 bits per heavy atom. The van der Waals surface area contributed by atoms with Gasteiger partial charge in [-0.25, -0.2) is 4.39 Å². The topological polar surface area (TPSA) is 179 Å². The van der Waals surface area contributed by atoms with Crippen LogP contribution in [-0.4, -0.2) is 117 Å². The second-order valence-electron chi connectivity index (χ2n) is 7.87. The summed E-state index contributed by atoms with van der Waals surface area (Å²) < 4.78 is 35.3. The number of rotatable bonds is 8. The lowest BCUT2D eigenvalue weighted by molar-refractivity contribution is -0.331. The van der Waals surface area contributed by atoms with Crippen LogP contribution in [-0.2, 0) is 25.4 Å². The van der Waals surface area contributed by atoms with Crippen LogP contribution in [0.25, 0.3) is 0 Å². The van der Waals surface area contributed by atoms with E-state index in [4.69, 9.17) is 30.5 Å². The molecule has 33 heavy (non-hydrogen) atoms. The molecule has 2 heterocycles. The first-order chi connectivity index (χ1) is 15.6. The average Bonchev–Trinajstić information content (AvgIpc) is 2.79. The van der Waals surface area contributed by atoms with Crippen molar-refractivity contribution in [2.24, 2.45) is 0 Å². The quantitative estimate of drug-likeness (QED) is 0.204. The first-order valence-electron chi connectivity index (χ1n) is 10.3. The molecule has 2 fully saturated rings. The summed E-state index contributed by atoms with van der Waals surface area (Å²) in [6.07, 6.45) is -15.1. The SMILES string of the molecule is OC[C@H]1O[C@@H](OC[C@H]2O[C@H](OCCc3c(F)cccc3Cl)[C@H](O)[C@@H](O)[C@@H]2O)[C@H](O)[C@@H](O)[C@@H]1O. The Morgan fingerprint density at radius 3 is 2.00 bits per heavy atom. The molecule has 2 aliphatic heterocycles. The van der Waals surface area contributed by atoms with Crippen LogP contribution < -0.4 is 0 Å². The first kappa shape index (κ1) is 26.6. The molecule has 0 aliphatic carbocycles. The summed E-state index contributed by atoms with van der Waals surface area (Å²) in [5.41, 5.74) is 0.201. The summed E-state index contributed by atoms with van der Waals surface area (Å²) in [6, 6.07) is 4.20. The highest BCUT2D eigenvalue weighted by molar-refractivity contribution is 6.31. The van der Waals surface area contributed by atoms with Gasteiger partial charge in [-0.3, -0.25) is 0 Å². The smallest absolute Gasteiger partial charge is 0.186 e. The minimum absolute atomic E-state index is 0.0444. The summed E-state index contributed by atoms with van der Waals surface area (Å²) in [6.45, 7) is -1.27. The van der Waals surface area contributed by atoms with Crippen molar-refractivity contribution in [1.82, 2.24) is 0 Å². The van der Waals surface area contributed by atoms with E-state index in [0.29, 0.717) is 0 Å². The van der Waals surface area contributed by atoms with E-state index in [0.717, 1.165) is 0 Å². The van der Waals surface area contributed by atoms with E-state index in [2.05, 4.69) is 0 Å². The minimum Gasteiger partial charge on any atom is -0.394 e. The van der Waals surface area contributed by atoms with Gasteiger partial charge in [-0.15, -0.1) is 0 Å². The highest BCUT2D eigenvalue weighted by Crippen LogP contribution is 2.26. The van der Waals surface area contributed by atoms with Crippen molar-refractivity contribution in [2.45, 2.75) is 67.8 Å². The molecule has 10 atom stereocenters. The van der Waals surface area contributed by atoms with E-state index in [1.165, 1.54) is 18.2 Å². The second kappa shape index (κ2) is 11.6. The maximum atomic E-state index is 13.9. The molecule has 2 aliphatic rings. The van der Waals surface area contributed by atoms with E-state index < -0.39 is 80.4 Å². The average molecular weight is 499 g/mol. The molecule has 1 aromatic carbocycles. The molecule has 0 amide bonds. The van der Waals surface area contributed by atoms with Gasteiger partial charge in [0.15, 0.2) is 12.6 Å². The van der Waals surface area contributed by atoms with E-state index >= 15 is 0 Å². The normalized spacial score (nSPS) is 39.5. The van der Waals surface area contributed by atoms with Crippen LogP contribution in [0.3, 0.4) is 0 Å². The van der Waals surface area contributed by atoms with E-state index in [-0.39, 0.29) is 23.6 Å². The third kappa shape index (κ3) is 5.99. The van der Waals surface area contributed by atoms with Gasteiger partial charge in [0.1, 0.15) is 54.6 Å². The highest BCUT2D eigenvalue weighted by atomic mass is 35.5. The van der Waals surface area contributed by atoms with Crippen molar-refractivity contribution in [3.8, 4) is 0 Å². The molecule has 188 valence electrons. The summed E-state index contributed by atoms with van der Waals surface area (Å²) in [5, 5.41) is 69.6. The van der Waals surface area contributed by atoms with Crippen LogP contribution >= 0.6 is 11.6 Å². The van der Waals surface area contributed by atoms with Crippen molar-refractivity contribution < 1.29 is 59.1 Å². The molecule has 7 N–H and O–H groups in total. The lowest BCUT2D eigenvalue weighted by Gasteiger charge is -2.42. The fourth-order valence-corrected chi connectivity index (χ4v) is 3.89. The van der Waals surface area contributed by atoms with E-state index in [1.54, 1.807) is 0 Å². The van der Waals surface area contributed by atoms with Crippen LogP contribution in [0.4, 0.5) is 4.39 Å². The molecule has 0 radical (unpaired) electrons. The lowest BCUT2D eigenvalue weighted by Crippen LogP contribution is -2.61. The Kier molecular flexibility index (Phi) is 9.37. The van der Waals surface area contributed by atoms with Gasteiger partial charge >= 0.3 is 0 Å². The van der Waals surface area contributed by atoms with Crippen LogP contribution in [0, 0.1) is 5.82 Å². The maximum absolute atomic E-state index is 13.9. The third-order valence-corrected chi connectivity index (χ3v) is 5.99. The summed E-state index contributed by atoms with van der Waals surface area (Å²) in [5.74, 6) is -0.530. The Morgan fingerprint density at radius 2 is 1.39 bits per heavy atom. The third-order valence-electron chi connectivity index (χ3n) is 5.64. The number of benzene rings is 1. The molecule has 3 rings (SSSR count). The van der Waals surface area contributed by atoms with Crippen LogP contribution in [0.2, 0.25) is 5.02 Å². The molecular formula is C20H28ClFO11. The standard InChI is InChI=1S/C20H28ClFO11/c21-9-2-1-3-10(22)8(9)4-5-30-19-17(28)16(27)14(25)12(33-19)7-31-20-18(29)15(26)13(24)11(6-23)32-20/h1-3,11-20,23-29H,4-7H2/t11-,12-,13-,14-,15+,16+,17-,18-,19+,20-/m1/s1. The van der Waals surface area contributed by atoms with Crippen LogP contribution in [0.5, 0.6) is 0 Å². The predicted molar refractivity (Wildman–Crippen MR) is 107 cm³/mol. The monoisotopic (exact) mass is 498 g/mol. The van der Waals surface area contributed by atoms with Gasteiger partial charge in [-0.2, -0.15) is 0 Å². The van der Waals surface area contributed by atoms with Crippen LogP contribution in [0.1, 0.15) is 5.56 Å². The Balaban J connectivity index is 1.57. The number of aliphatic hydroxyl groups excluding tert-OH is 7. The zero-order valence-corrected chi connectivity index (χ0v) is 18.1. The zero-order chi connectivity index (χ0) is 24.3. The minimum atomic E-state index is -1.68. The molecule has 1 aromatic rings. The molecule has 13 heteroatoms. The van der Waals surface area contributed by atoms with Gasteiger partial charge in [-0.1, -0.05) is 17.7 Å². The van der Waals surface area contributed by atoms with Crippen molar-refractivity contribution in [1.29, 1.82) is 0 Å². The molecular weight excluding hydrogens is 471 g/mol. The number of hydrogen-bond donors (Lipinski definition) is 7. The summed E-state index contributed by atoms with van der Waals surface area (Å²) >= 11 is 5.96. The van der Waals surface area contributed by atoms with Crippen molar-refractivity contribution >= 4 is 11.6 Å². The van der Waals surface area contributed by atoms with Crippen molar-refractivity contribution in [3.63, 3.8) is 0 Å². The number of hydrogen-bond acceptors (Lipinski definition) is 11. The maximum Gasteiger partial charge on any atom is 0.186 e. The summed E-state index contributed by atoms with van der Waals surface area (Å²) in [4.78, 5) is 0. The summed E-state index contributed by atoms with van der Waals surface area (Å²) in [7, 11) is 0. The number of halogens is 2. The fraction of sp³-hybridized carbons (Fsp3) is 0.700. The zero-order valence-electron chi connectivity index (χ0n) is 17.4. The van der Waals surface area contributed by atoms with Gasteiger partial charge in [-0.05, 0) is 12.1 Å². The highest BCUT2D eigenvalue weighted by Gasteiger charge is 2.47. The Hall–Kier alpha value is -1.00. The van der Waals surface area contributed by atoms with E-state index in [9.17, 15) is 40.1 Å². The van der Waals surface area contributed by atoms with Crippen LogP contribution in [0.15, 0.2) is 18.2 Å². The van der Waals surface area contributed by atoms with Gasteiger partial charge < -0.3 is 54.7 Å². The van der Waals surface area contributed by atoms with Gasteiger partial charge in [0.05, 0.1) is 19.8 Å². The van der Waals surface area contributed by atoms with Crippen molar-refractivity contribution in [2.75, 3.05) is 19.8 Å². The lowest BCUT2D eigenvalue weighted by atomic mass is 9.98. The Labute approximate surface area is 193 Å². The largest absolute Gasteiger partial charge is 0.394 e. The Bertz CT molecular complexity index is 751. The fourth-order valence-electron chi connectivity index (χ4n) is 3.64. The predicted octanol–water partition coefficient (Wildman–Crippen LogP) is -2.34. The number of aliphatic hydroxyl groups is 7. The van der Waals surface area contributed by atoms with Crippen molar-refractivity contribution in [3.05, 3.63) is 34.6 Å². The molecule has 0 spiro atoms. The molecule has 11 nitrogen and oxygen atoms in total.